The Morgan fingerprint density at radius 3 is 1.16 bits per heavy atom. The van der Waals surface area contributed by atoms with Crippen LogP contribution in [0.15, 0.2) is 183 Å². The van der Waals surface area contributed by atoms with Gasteiger partial charge in [0.25, 0.3) is 0 Å². The summed E-state index contributed by atoms with van der Waals surface area (Å²) >= 11 is 0. The quantitative estimate of drug-likeness (QED) is 0.0297. The highest BCUT2D eigenvalue weighted by atomic mass is 31.2. The van der Waals surface area contributed by atoms with Gasteiger partial charge >= 0.3 is 23.5 Å². The van der Waals surface area contributed by atoms with Crippen LogP contribution in [0.3, 0.4) is 0 Å². The molecule has 9 aromatic heterocycles. The highest BCUT2D eigenvalue weighted by Gasteiger charge is 2.28. The van der Waals surface area contributed by atoms with Gasteiger partial charge in [0.05, 0.1) is 19.5 Å². The lowest BCUT2D eigenvalue weighted by Crippen LogP contribution is -2.17. The molecule has 0 atom stereocenters. The Morgan fingerprint density at radius 2 is 0.752 bits per heavy atom. The van der Waals surface area contributed by atoms with E-state index >= 15 is 0 Å². The van der Waals surface area contributed by atoms with Gasteiger partial charge in [-0.15, -0.1) is 0 Å². The molecule has 0 saturated carbocycles. The van der Waals surface area contributed by atoms with Crippen LogP contribution in [-0.4, -0.2) is 126 Å². The first-order chi connectivity index (χ1) is 58.2. The van der Waals surface area contributed by atoms with Gasteiger partial charge in [0, 0.05) is 115 Å². The van der Waals surface area contributed by atoms with E-state index in [2.05, 4.69) is 129 Å². The van der Waals surface area contributed by atoms with Gasteiger partial charge in [-0.2, -0.15) is 15.3 Å². The Hall–Kier alpha value is -13.9. The monoisotopic (exact) mass is 1700 g/mol. The molecule has 0 saturated heterocycles. The maximum Gasteiger partial charge on any atom is 0.471 e. The SMILES string of the molecule is COc1ccc2c(c1)CN(c1nccc(-c3nccc(C#Cc4cc(F)c5c(cnn5COP(=O)(O)O)c4)n3)n1)C2.O=P(O)(O)OCn1cc2cc(C#Cc3ccnc(-c4ccnc(N5Cc6ccc(F)cc6C5)n4)n3)cc(F)c2n1.O=P(O)(O)OCn1ncc2cc(C#Cc3ccnc(-c4ccnc(N5Cc6ccc(F)cc6C5)n4)n3)cc(F)c21. The van der Waals surface area contributed by atoms with E-state index in [0.717, 1.165) is 47.6 Å². The van der Waals surface area contributed by atoms with Crippen molar-refractivity contribution in [2.24, 2.45) is 0 Å². The fourth-order valence-electron chi connectivity index (χ4n) is 13.0. The van der Waals surface area contributed by atoms with Crippen LogP contribution >= 0.6 is 23.5 Å². The van der Waals surface area contributed by atoms with Crippen LogP contribution in [0.4, 0.5) is 39.8 Å². The molecule has 34 nitrogen and oxygen atoms in total. The Kier molecular flexibility index (Phi) is 22.8. The molecule has 3 aliphatic rings. The summed E-state index contributed by atoms with van der Waals surface area (Å²) in [5.41, 5.74) is 9.91. The van der Waals surface area contributed by atoms with Crippen molar-refractivity contribution in [1.82, 2.24) is 89.1 Å². The fourth-order valence-corrected chi connectivity index (χ4v) is 13.8. The van der Waals surface area contributed by atoms with Crippen molar-refractivity contribution in [1.29, 1.82) is 0 Å². The molecule has 42 heteroatoms. The molecule has 0 fully saturated rings. The van der Waals surface area contributed by atoms with Gasteiger partial charge < -0.3 is 48.8 Å². The average Bonchev–Trinajstić information content (AvgIpc) is 1.66. The number of hydrogen-bond acceptors (Lipinski definition) is 25. The first-order valence-electron chi connectivity index (χ1n) is 35.8. The van der Waals surface area contributed by atoms with E-state index in [9.17, 15) is 35.6 Å². The highest BCUT2D eigenvalue weighted by Crippen LogP contribution is 2.40. The number of nitrogens with zero attached hydrogens (tertiary/aromatic N) is 21. The zero-order valence-corrected chi connectivity index (χ0v) is 65.0. The summed E-state index contributed by atoms with van der Waals surface area (Å²) in [6.45, 7) is 1.64. The van der Waals surface area contributed by atoms with E-state index in [-0.39, 0.29) is 28.2 Å². The van der Waals surface area contributed by atoms with Crippen molar-refractivity contribution in [3.63, 3.8) is 0 Å². The zero-order chi connectivity index (χ0) is 84.3. The molecule has 15 aromatic rings. The molecule has 3 aliphatic heterocycles. The van der Waals surface area contributed by atoms with Gasteiger partial charge in [-0.25, -0.2) is 110 Å². The van der Waals surface area contributed by atoms with Gasteiger partial charge in [-0.1, -0.05) is 36.0 Å². The van der Waals surface area contributed by atoms with Crippen LogP contribution in [-0.2, 0) is 86.7 Å². The Bertz CT molecular complexity index is 6790. The fraction of sp³-hybridized carbons (Fsp3) is 0.127. The highest BCUT2D eigenvalue weighted by molar-refractivity contribution is 7.46. The molecule has 0 amide bonds. The summed E-state index contributed by atoms with van der Waals surface area (Å²) in [5.74, 6) is 18.0. The summed E-state index contributed by atoms with van der Waals surface area (Å²) in [4.78, 5) is 113. The average molecular weight is 1700 g/mol. The number of phosphoric ester groups is 3. The second-order valence-electron chi connectivity index (χ2n) is 26.7. The molecule has 18 rings (SSSR count). The minimum Gasteiger partial charge on any atom is -0.497 e. The predicted molar refractivity (Wildman–Crippen MR) is 421 cm³/mol. The maximum absolute atomic E-state index is 14.8. The van der Waals surface area contributed by atoms with E-state index in [1.807, 2.05) is 28.0 Å². The predicted octanol–water partition coefficient (Wildman–Crippen LogP) is 10.5. The minimum absolute atomic E-state index is 0.00924. The molecule has 6 aromatic carbocycles. The summed E-state index contributed by atoms with van der Waals surface area (Å²) < 4.78 is 126. The van der Waals surface area contributed by atoms with Crippen molar-refractivity contribution in [2.75, 3.05) is 21.8 Å². The number of ether oxygens (including phenoxy) is 1. The standard InChI is InChI=1S/C27H21FN7O5P.2C26H18F2N7O4P/c1-39-22-5-3-18-14-34(15-20(18)12-22)27-30-9-7-24(33-27)26-29-8-6-21(32-26)4-2-17-10-19-13-31-35(16-40-41(36,37)38)25(19)23(28)11-17;27-20-3-2-17-13-34(14-19(17)11-20)26-30-8-6-23(33-26)25-29-7-5-21(32-25)4-1-16-9-18-12-31-35(15-39-40(36,37)38)24(18)22(28)10-16;27-20-3-2-17-12-34(13-18(17)11-20)26-30-8-6-23(32-26)25-29-7-5-21(31-25)4-1-16-9-19-14-35(15-39-40(36,37)38)33-24(19)22(28)10-16/h3,5-13H,14-16H2,1H3,(H2,36,37,38);2-3,5-12H,13-15H2,(H2,36,37,38);2-3,5-11,14H,12-13,15H2,(H2,36,37,38). The molecule has 0 aliphatic carbocycles. The molecule has 0 unspecified atom stereocenters. The molecular weight excluding hydrogens is 1640 g/mol. The number of phosphoric acid groups is 3. The van der Waals surface area contributed by atoms with Crippen LogP contribution in [0.5, 0.6) is 5.75 Å². The van der Waals surface area contributed by atoms with Crippen molar-refractivity contribution in [2.45, 2.75) is 59.5 Å². The van der Waals surface area contributed by atoms with Gasteiger partial charge in [0.15, 0.2) is 43.5 Å². The first kappa shape index (κ1) is 80.8. The molecule has 0 radical (unpaired) electrons. The van der Waals surface area contributed by atoms with Crippen LogP contribution in [0.1, 0.15) is 67.2 Å². The lowest BCUT2D eigenvalue weighted by Gasteiger charge is -2.15. The Morgan fingerprint density at radius 1 is 0.388 bits per heavy atom. The van der Waals surface area contributed by atoms with Gasteiger partial charge in [-0.3, -0.25) is 13.6 Å². The van der Waals surface area contributed by atoms with Crippen LogP contribution < -0.4 is 19.4 Å². The second kappa shape index (κ2) is 34.2. The van der Waals surface area contributed by atoms with E-state index in [1.165, 1.54) is 79.0 Å². The number of anilines is 3. The molecule has 0 bridgehead atoms. The first-order valence-corrected chi connectivity index (χ1v) is 40.3. The maximum atomic E-state index is 14.8. The van der Waals surface area contributed by atoms with Crippen LogP contribution in [0.25, 0.3) is 67.3 Å². The number of fused-ring (bicyclic) bond motifs is 6. The molecule has 121 heavy (non-hydrogen) atoms. The summed E-state index contributed by atoms with van der Waals surface area (Å²) in [6, 6.07) is 33.7. The van der Waals surface area contributed by atoms with Gasteiger partial charge in [0.2, 0.25) is 17.8 Å². The zero-order valence-electron chi connectivity index (χ0n) is 62.3. The van der Waals surface area contributed by atoms with Crippen LogP contribution in [0.2, 0.25) is 0 Å². The number of benzene rings is 6. The normalized spacial score (nSPS) is 12.8. The smallest absolute Gasteiger partial charge is 0.471 e. The number of halogens is 5. The van der Waals surface area contributed by atoms with Crippen molar-refractivity contribution < 1.29 is 83.3 Å². The van der Waals surface area contributed by atoms with Crippen molar-refractivity contribution in [3.8, 4) is 75.8 Å². The molecule has 0 spiro atoms. The lowest BCUT2D eigenvalue weighted by molar-refractivity contribution is 0.145. The van der Waals surface area contributed by atoms with Crippen molar-refractivity contribution >= 4 is 74.0 Å². The number of aromatic nitrogens is 18. The van der Waals surface area contributed by atoms with E-state index in [4.69, 9.17) is 34.1 Å². The summed E-state index contributed by atoms with van der Waals surface area (Å²) in [6.07, 6.45) is 13.6. The van der Waals surface area contributed by atoms with E-state index in [0.29, 0.717) is 142 Å². The van der Waals surface area contributed by atoms with Gasteiger partial charge in [-0.05, 0) is 160 Å². The molecule has 6 N–H and O–H groups in total. The van der Waals surface area contributed by atoms with Crippen LogP contribution in [0, 0.1) is 64.6 Å². The summed E-state index contributed by atoms with van der Waals surface area (Å²) in [5, 5.41) is 12.9. The topological polar surface area (TPSA) is 427 Å². The number of rotatable bonds is 16. The Labute approximate surface area is 679 Å². The largest absolute Gasteiger partial charge is 0.497 e. The van der Waals surface area contributed by atoms with Crippen molar-refractivity contribution in [3.05, 3.63) is 279 Å². The molecule has 12 heterocycles. The molecule has 606 valence electrons. The minimum atomic E-state index is -4.74. The lowest BCUT2D eigenvalue weighted by atomic mass is 10.1. The third-order valence-corrected chi connectivity index (χ3v) is 19.7. The van der Waals surface area contributed by atoms with E-state index < -0.39 is 61.1 Å². The third-order valence-electron chi connectivity index (χ3n) is 18.4. The third kappa shape index (κ3) is 19.6. The van der Waals surface area contributed by atoms with Gasteiger partial charge in [0.1, 0.15) is 79.7 Å². The number of methoxy groups -OCH3 is 1. The molecular formula is C79H57F5N21O13P3. The number of hydrogen-bond donors (Lipinski definition) is 6. The van der Waals surface area contributed by atoms with E-state index in [1.54, 1.807) is 98.6 Å². The summed E-state index contributed by atoms with van der Waals surface area (Å²) in [7, 11) is -12.5. The Balaban J connectivity index is 0.000000135. The second-order valence-corrected chi connectivity index (χ2v) is 30.4.